The Hall–Kier alpha value is -3.60. The molecule has 5 aromatic carbocycles. The number of hydrogen-bond acceptors (Lipinski definition) is 3. The highest BCUT2D eigenvalue weighted by Gasteiger charge is 2.51. The molecule has 0 atom stereocenters. The number of benzene rings is 5. The molecule has 4 heteroatoms. The van der Waals surface area contributed by atoms with Gasteiger partial charge in [-0.05, 0) is 72.6 Å². The molecule has 2 heterocycles. The van der Waals surface area contributed by atoms with Gasteiger partial charge in [-0.1, -0.05) is 78.9 Å². The van der Waals surface area contributed by atoms with E-state index in [1.165, 1.54) is 21.5 Å². The first kappa shape index (κ1) is 21.7. The maximum Gasteiger partial charge on any atom is 0.494 e. The first-order valence-corrected chi connectivity index (χ1v) is 12.5. The molecule has 0 saturated carbocycles. The Morgan fingerprint density at radius 3 is 1.78 bits per heavy atom. The second-order valence-corrected chi connectivity index (χ2v) is 10.8. The minimum absolute atomic E-state index is 0.351. The molecule has 3 nitrogen and oxygen atoms in total. The maximum absolute atomic E-state index is 6.46. The Bertz CT molecular complexity index is 1780. The molecule has 0 spiro atoms. The van der Waals surface area contributed by atoms with Gasteiger partial charge < -0.3 is 13.7 Å². The summed E-state index contributed by atoms with van der Waals surface area (Å²) in [4.78, 5) is 0. The van der Waals surface area contributed by atoms with Crippen LogP contribution in [0.1, 0.15) is 27.7 Å². The van der Waals surface area contributed by atoms with Crippen molar-refractivity contribution in [3.63, 3.8) is 0 Å². The van der Waals surface area contributed by atoms with E-state index in [0.29, 0.717) is 0 Å². The van der Waals surface area contributed by atoms with Crippen molar-refractivity contribution in [3.05, 3.63) is 91.0 Å². The average molecular weight is 470 g/mol. The molecule has 36 heavy (non-hydrogen) atoms. The molecule has 1 aromatic heterocycles. The van der Waals surface area contributed by atoms with Gasteiger partial charge in [0.15, 0.2) is 0 Å². The number of furan rings is 1. The van der Waals surface area contributed by atoms with Crippen LogP contribution in [0.4, 0.5) is 0 Å². The Morgan fingerprint density at radius 1 is 0.556 bits per heavy atom. The summed E-state index contributed by atoms with van der Waals surface area (Å²) in [5.74, 6) is 0. The summed E-state index contributed by atoms with van der Waals surface area (Å²) in [5.41, 5.74) is 4.49. The Labute approximate surface area is 210 Å². The third-order valence-electron chi connectivity index (χ3n) is 8.12. The lowest BCUT2D eigenvalue weighted by Crippen LogP contribution is -2.41. The van der Waals surface area contributed by atoms with E-state index in [-0.39, 0.29) is 18.3 Å². The number of fused-ring (bicyclic) bond motifs is 8. The van der Waals surface area contributed by atoms with Gasteiger partial charge in [-0.2, -0.15) is 0 Å². The first-order valence-electron chi connectivity index (χ1n) is 12.5. The van der Waals surface area contributed by atoms with E-state index in [2.05, 4.69) is 119 Å². The van der Waals surface area contributed by atoms with Crippen LogP contribution in [0.3, 0.4) is 0 Å². The predicted octanol–water partition coefficient (Wildman–Crippen LogP) is 7.86. The molecule has 0 unspecified atom stereocenters. The van der Waals surface area contributed by atoms with Crippen LogP contribution in [0.15, 0.2) is 95.4 Å². The molecular weight excluding hydrogens is 443 g/mol. The van der Waals surface area contributed by atoms with Crippen molar-refractivity contribution in [1.29, 1.82) is 0 Å². The fourth-order valence-corrected chi connectivity index (χ4v) is 5.40. The molecule has 1 fully saturated rings. The highest BCUT2D eigenvalue weighted by atomic mass is 16.7. The fraction of sp³-hybridized carbons (Fsp3) is 0.188. The highest BCUT2D eigenvalue weighted by molar-refractivity contribution is 6.62. The van der Waals surface area contributed by atoms with Crippen LogP contribution < -0.4 is 5.46 Å². The molecule has 0 bridgehead atoms. The average Bonchev–Trinajstić information content (AvgIpc) is 3.37. The standard InChI is InChI=1S/C32H27BO3/c1-31(2)32(3,4)36-33(35-31)22-16-13-20(14-17-22)21-15-18-28-27(19-21)29-25-11-7-5-9-23(25)24-10-6-8-12-26(24)30(29)34-28/h5-19H,1-4H3. The van der Waals surface area contributed by atoms with Gasteiger partial charge in [0, 0.05) is 16.2 Å². The number of rotatable bonds is 2. The summed E-state index contributed by atoms with van der Waals surface area (Å²) in [6, 6.07) is 32.1. The lowest BCUT2D eigenvalue weighted by molar-refractivity contribution is 0.00578. The van der Waals surface area contributed by atoms with Gasteiger partial charge in [0.25, 0.3) is 0 Å². The summed E-state index contributed by atoms with van der Waals surface area (Å²) in [6.07, 6.45) is 0. The summed E-state index contributed by atoms with van der Waals surface area (Å²) < 4.78 is 18.9. The van der Waals surface area contributed by atoms with Gasteiger partial charge in [-0.25, -0.2) is 0 Å². The predicted molar refractivity (Wildman–Crippen MR) is 150 cm³/mol. The van der Waals surface area contributed by atoms with Crippen LogP contribution >= 0.6 is 0 Å². The SMILES string of the molecule is CC1(C)OB(c2ccc(-c3ccc4oc5c6ccccc6c6ccccc6c5c4c3)cc2)OC1(C)C. The lowest BCUT2D eigenvalue weighted by Gasteiger charge is -2.32. The zero-order chi connectivity index (χ0) is 24.7. The van der Waals surface area contributed by atoms with E-state index in [1.807, 2.05) is 0 Å². The van der Waals surface area contributed by atoms with E-state index < -0.39 is 0 Å². The molecular formula is C32H27BO3. The van der Waals surface area contributed by atoms with Crippen molar-refractivity contribution in [2.24, 2.45) is 0 Å². The minimum atomic E-state index is -0.357. The molecule has 0 N–H and O–H groups in total. The van der Waals surface area contributed by atoms with Gasteiger partial charge in [-0.15, -0.1) is 0 Å². The quantitative estimate of drug-likeness (QED) is 0.191. The normalized spacial score (nSPS) is 17.1. The Balaban J connectivity index is 1.36. The summed E-state index contributed by atoms with van der Waals surface area (Å²) in [5, 5.41) is 7.15. The topological polar surface area (TPSA) is 31.6 Å². The lowest BCUT2D eigenvalue weighted by atomic mass is 9.78. The Morgan fingerprint density at radius 2 is 1.11 bits per heavy atom. The molecule has 6 aromatic rings. The first-order chi connectivity index (χ1) is 17.3. The van der Waals surface area contributed by atoms with E-state index in [0.717, 1.165) is 38.5 Å². The maximum atomic E-state index is 6.46. The van der Waals surface area contributed by atoms with Crippen molar-refractivity contribution in [2.45, 2.75) is 38.9 Å². The van der Waals surface area contributed by atoms with Crippen molar-refractivity contribution in [3.8, 4) is 11.1 Å². The second kappa shape index (κ2) is 7.46. The minimum Gasteiger partial charge on any atom is -0.455 e. The summed E-state index contributed by atoms with van der Waals surface area (Å²) in [6.45, 7) is 8.33. The molecule has 0 radical (unpaired) electrons. The van der Waals surface area contributed by atoms with Crippen LogP contribution in [-0.2, 0) is 9.31 Å². The third kappa shape index (κ3) is 3.08. The van der Waals surface area contributed by atoms with Gasteiger partial charge in [0.05, 0.1) is 11.2 Å². The van der Waals surface area contributed by atoms with E-state index in [1.54, 1.807) is 0 Å². The van der Waals surface area contributed by atoms with Gasteiger partial charge in [-0.3, -0.25) is 0 Å². The zero-order valence-corrected chi connectivity index (χ0v) is 21.0. The molecule has 0 amide bonds. The highest BCUT2D eigenvalue weighted by Crippen LogP contribution is 2.42. The monoisotopic (exact) mass is 470 g/mol. The van der Waals surface area contributed by atoms with Gasteiger partial charge in [0.2, 0.25) is 0 Å². The van der Waals surface area contributed by atoms with Gasteiger partial charge >= 0.3 is 7.12 Å². The van der Waals surface area contributed by atoms with E-state index in [4.69, 9.17) is 13.7 Å². The molecule has 7 rings (SSSR count). The van der Waals surface area contributed by atoms with Crippen molar-refractivity contribution in [1.82, 2.24) is 0 Å². The van der Waals surface area contributed by atoms with Crippen LogP contribution in [0.25, 0.3) is 54.6 Å². The van der Waals surface area contributed by atoms with E-state index >= 15 is 0 Å². The van der Waals surface area contributed by atoms with Crippen LogP contribution in [0, 0.1) is 0 Å². The van der Waals surface area contributed by atoms with Crippen LogP contribution in [0.2, 0.25) is 0 Å². The molecule has 0 aliphatic carbocycles. The molecule has 1 aliphatic rings. The van der Waals surface area contributed by atoms with Crippen molar-refractivity contribution < 1.29 is 13.7 Å². The molecule has 176 valence electrons. The molecule has 1 saturated heterocycles. The second-order valence-electron chi connectivity index (χ2n) is 10.8. The number of hydrogen-bond donors (Lipinski definition) is 0. The summed E-state index contributed by atoms with van der Waals surface area (Å²) >= 11 is 0. The van der Waals surface area contributed by atoms with Gasteiger partial charge in [0.1, 0.15) is 11.2 Å². The fourth-order valence-electron chi connectivity index (χ4n) is 5.40. The smallest absolute Gasteiger partial charge is 0.455 e. The largest absolute Gasteiger partial charge is 0.494 e. The van der Waals surface area contributed by atoms with Crippen LogP contribution in [-0.4, -0.2) is 18.3 Å². The third-order valence-corrected chi connectivity index (χ3v) is 8.12. The van der Waals surface area contributed by atoms with Crippen molar-refractivity contribution >= 4 is 56.1 Å². The zero-order valence-electron chi connectivity index (χ0n) is 21.0. The van der Waals surface area contributed by atoms with Crippen LogP contribution in [0.5, 0.6) is 0 Å². The van der Waals surface area contributed by atoms with E-state index in [9.17, 15) is 0 Å². The Kier molecular flexibility index (Phi) is 4.49. The van der Waals surface area contributed by atoms with Crippen molar-refractivity contribution in [2.75, 3.05) is 0 Å². The molecule has 1 aliphatic heterocycles. The summed E-state index contributed by atoms with van der Waals surface area (Å²) in [7, 11) is -0.357.